The van der Waals surface area contributed by atoms with E-state index < -0.39 is 0 Å². The van der Waals surface area contributed by atoms with E-state index in [1.54, 1.807) is 0 Å². The maximum Gasteiger partial charge on any atom is 0.178 e. The highest BCUT2D eigenvalue weighted by molar-refractivity contribution is 5.76. The average Bonchev–Trinajstić information content (AvgIpc) is 3.28. The number of rotatable bonds is 3. The Hall–Kier alpha value is -2.96. The zero-order valence-corrected chi connectivity index (χ0v) is 15.7. The summed E-state index contributed by atoms with van der Waals surface area (Å²) in [5.41, 5.74) is 3.16. The summed E-state index contributed by atoms with van der Waals surface area (Å²) in [5, 5.41) is 12.9. The number of fused-ring (bicyclic) bond motifs is 2. The van der Waals surface area contributed by atoms with E-state index in [0.29, 0.717) is 6.04 Å². The van der Waals surface area contributed by atoms with Crippen LogP contribution in [0, 0.1) is 6.92 Å². The van der Waals surface area contributed by atoms with Crippen molar-refractivity contribution in [3.63, 3.8) is 0 Å². The second-order valence-corrected chi connectivity index (χ2v) is 7.17. The molecular weight excluding hydrogens is 338 g/mol. The van der Waals surface area contributed by atoms with E-state index >= 15 is 0 Å². The Morgan fingerprint density at radius 1 is 1.04 bits per heavy atom. The van der Waals surface area contributed by atoms with Gasteiger partial charge in [0.15, 0.2) is 11.5 Å². The number of para-hydroxylation sites is 2. The van der Waals surface area contributed by atoms with Crippen molar-refractivity contribution >= 4 is 22.5 Å². The summed E-state index contributed by atoms with van der Waals surface area (Å²) in [6.07, 6.45) is 3.14. The van der Waals surface area contributed by atoms with E-state index in [1.165, 1.54) is 11.3 Å². The molecule has 0 bridgehead atoms. The monoisotopic (exact) mass is 361 g/mol. The number of nitrogens with zero attached hydrogens (tertiary/aromatic N) is 7. The summed E-state index contributed by atoms with van der Waals surface area (Å²) >= 11 is 0. The van der Waals surface area contributed by atoms with Crippen molar-refractivity contribution < 1.29 is 0 Å². The number of hydrogen-bond acceptors (Lipinski definition) is 5. The summed E-state index contributed by atoms with van der Waals surface area (Å²) < 4.78 is 4.28. The van der Waals surface area contributed by atoms with Crippen LogP contribution in [0.15, 0.2) is 36.4 Å². The summed E-state index contributed by atoms with van der Waals surface area (Å²) in [6, 6.07) is 13.0. The lowest BCUT2D eigenvalue weighted by Gasteiger charge is -2.34. The van der Waals surface area contributed by atoms with Gasteiger partial charge in [-0.15, -0.1) is 15.3 Å². The summed E-state index contributed by atoms with van der Waals surface area (Å²) in [6.45, 7) is 6.09. The van der Waals surface area contributed by atoms with Crippen LogP contribution in [0.3, 0.4) is 0 Å². The first-order valence-electron chi connectivity index (χ1n) is 9.64. The first kappa shape index (κ1) is 16.2. The van der Waals surface area contributed by atoms with Crippen molar-refractivity contribution in [1.29, 1.82) is 0 Å². The standard InChI is InChI=1S/C20H23N7/c1-3-18-21-16-6-4-5-7-17(16)26(18)15-10-12-25(13-11-15)20-9-8-19-23-22-14(2)27(19)24-20/h4-9,15H,3,10-13H2,1-2H3. The van der Waals surface area contributed by atoms with E-state index in [9.17, 15) is 0 Å². The summed E-state index contributed by atoms with van der Waals surface area (Å²) in [5.74, 6) is 3.00. The summed E-state index contributed by atoms with van der Waals surface area (Å²) in [4.78, 5) is 7.20. The average molecular weight is 361 g/mol. The maximum atomic E-state index is 4.84. The molecule has 0 atom stereocenters. The van der Waals surface area contributed by atoms with Crippen molar-refractivity contribution in [3.8, 4) is 0 Å². The van der Waals surface area contributed by atoms with Gasteiger partial charge in [-0.1, -0.05) is 19.1 Å². The predicted octanol–water partition coefficient (Wildman–Crippen LogP) is 3.19. The Bertz CT molecular complexity index is 1100. The Morgan fingerprint density at radius 3 is 2.67 bits per heavy atom. The van der Waals surface area contributed by atoms with Gasteiger partial charge in [0.1, 0.15) is 11.6 Å². The molecule has 5 rings (SSSR count). The first-order chi connectivity index (χ1) is 13.2. The topological polar surface area (TPSA) is 64.1 Å². The summed E-state index contributed by atoms with van der Waals surface area (Å²) in [7, 11) is 0. The molecule has 4 aromatic rings. The van der Waals surface area contributed by atoms with E-state index in [4.69, 9.17) is 10.1 Å². The number of aromatic nitrogens is 6. The molecule has 0 spiro atoms. The lowest BCUT2D eigenvalue weighted by molar-refractivity contribution is 0.393. The Kier molecular flexibility index (Phi) is 3.81. The predicted molar refractivity (Wildman–Crippen MR) is 105 cm³/mol. The number of aryl methyl sites for hydroxylation is 2. The number of imidazole rings is 1. The number of piperidine rings is 1. The molecule has 0 radical (unpaired) electrons. The lowest BCUT2D eigenvalue weighted by atomic mass is 10.0. The van der Waals surface area contributed by atoms with Crippen LogP contribution in [0.25, 0.3) is 16.7 Å². The molecular formula is C20H23N7. The van der Waals surface area contributed by atoms with Crippen molar-refractivity contribution in [2.75, 3.05) is 18.0 Å². The van der Waals surface area contributed by atoms with Crippen LogP contribution in [0.1, 0.15) is 37.5 Å². The quantitative estimate of drug-likeness (QED) is 0.561. The van der Waals surface area contributed by atoms with Gasteiger partial charge in [0.05, 0.1) is 11.0 Å². The van der Waals surface area contributed by atoms with E-state index in [0.717, 1.165) is 55.2 Å². The molecule has 7 nitrogen and oxygen atoms in total. The molecule has 1 aliphatic heterocycles. The minimum absolute atomic E-state index is 0.490. The molecule has 1 aliphatic rings. The molecule has 3 aromatic heterocycles. The second-order valence-electron chi connectivity index (χ2n) is 7.17. The van der Waals surface area contributed by atoms with Crippen LogP contribution in [0.4, 0.5) is 5.82 Å². The van der Waals surface area contributed by atoms with Gasteiger partial charge in [-0.25, -0.2) is 4.98 Å². The number of hydrogen-bond donors (Lipinski definition) is 0. The third kappa shape index (κ3) is 2.65. The van der Waals surface area contributed by atoms with Gasteiger partial charge in [0.2, 0.25) is 0 Å². The molecule has 0 saturated carbocycles. The van der Waals surface area contributed by atoms with E-state index in [1.807, 2.05) is 23.6 Å². The van der Waals surface area contributed by atoms with Crippen LogP contribution in [0.5, 0.6) is 0 Å². The fourth-order valence-corrected chi connectivity index (χ4v) is 4.16. The van der Waals surface area contributed by atoms with Crippen LogP contribution < -0.4 is 4.90 Å². The van der Waals surface area contributed by atoms with Gasteiger partial charge in [0, 0.05) is 25.6 Å². The fraction of sp³-hybridized carbons (Fsp3) is 0.400. The molecule has 1 fully saturated rings. The zero-order valence-electron chi connectivity index (χ0n) is 15.7. The van der Waals surface area contributed by atoms with Crippen molar-refractivity contribution in [1.82, 2.24) is 29.4 Å². The van der Waals surface area contributed by atoms with Gasteiger partial charge in [0.25, 0.3) is 0 Å². The van der Waals surface area contributed by atoms with Crippen molar-refractivity contribution in [2.24, 2.45) is 0 Å². The minimum atomic E-state index is 0.490. The van der Waals surface area contributed by atoms with Gasteiger partial charge in [-0.3, -0.25) is 0 Å². The van der Waals surface area contributed by atoms with E-state index in [-0.39, 0.29) is 0 Å². The normalized spacial score (nSPS) is 15.9. The molecule has 0 aliphatic carbocycles. The Labute approximate surface area is 157 Å². The van der Waals surface area contributed by atoms with Crippen molar-refractivity contribution in [2.45, 2.75) is 39.2 Å². The Morgan fingerprint density at radius 2 is 1.85 bits per heavy atom. The van der Waals surface area contributed by atoms with Crippen LogP contribution in [0.2, 0.25) is 0 Å². The number of anilines is 1. The molecule has 1 saturated heterocycles. The van der Waals surface area contributed by atoms with E-state index in [2.05, 4.69) is 50.9 Å². The molecule has 0 unspecified atom stereocenters. The van der Waals surface area contributed by atoms with Gasteiger partial charge < -0.3 is 9.47 Å². The van der Waals surface area contributed by atoms with Crippen molar-refractivity contribution in [3.05, 3.63) is 48.0 Å². The highest BCUT2D eigenvalue weighted by Crippen LogP contribution is 2.30. The molecule has 7 heteroatoms. The molecule has 138 valence electrons. The molecule has 0 amide bonds. The molecule has 0 N–H and O–H groups in total. The van der Waals surface area contributed by atoms with Crippen LogP contribution in [-0.4, -0.2) is 42.5 Å². The fourth-order valence-electron chi connectivity index (χ4n) is 4.16. The third-order valence-electron chi connectivity index (χ3n) is 5.54. The van der Waals surface area contributed by atoms with Gasteiger partial charge >= 0.3 is 0 Å². The third-order valence-corrected chi connectivity index (χ3v) is 5.54. The lowest BCUT2D eigenvalue weighted by Crippen LogP contribution is -2.35. The highest BCUT2D eigenvalue weighted by Gasteiger charge is 2.25. The highest BCUT2D eigenvalue weighted by atomic mass is 15.4. The zero-order chi connectivity index (χ0) is 18.4. The largest absolute Gasteiger partial charge is 0.355 e. The van der Waals surface area contributed by atoms with Gasteiger partial charge in [-0.2, -0.15) is 4.52 Å². The maximum absolute atomic E-state index is 4.84. The smallest absolute Gasteiger partial charge is 0.178 e. The molecule has 1 aromatic carbocycles. The minimum Gasteiger partial charge on any atom is -0.355 e. The molecule has 27 heavy (non-hydrogen) atoms. The van der Waals surface area contributed by atoms with Crippen LogP contribution in [-0.2, 0) is 6.42 Å². The molecule has 4 heterocycles. The van der Waals surface area contributed by atoms with Gasteiger partial charge in [-0.05, 0) is 44.0 Å². The second kappa shape index (κ2) is 6.33. The Balaban J connectivity index is 1.40. The SMILES string of the molecule is CCc1nc2ccccc2n1C1CCN(c2ccc3nnc(C)n3n2)CC1. The first-order valence-corrected chi connectivity index (χ1v) is 9.64. The van der Waals surface area contributed by atoms with Crippen LogP contribution >= 0.6 is 0 Å². The number of benzene rings is 1.